The van der Waals surface area contributed by atoms with Crippen LogP contribution in [0.3, 0.4) is 0 Å². The van der Waals surface area contributed by atoms with E-state index >= 15 is 0 Å². The van der Waals surface area contributed by atoms with Crippen molar-refractivity contribution < 1.29 is 13.2 Å². The standard InChI is InChI=1S/C17H24N4O3S/c1-12-19-15-6-5-13(8-16(15)20-12)9-17(22)18-10-14-4-3-7-21(11-14)25(2,23)24/h5-6,8,14H,3-4,7,9-11H2,1-2H3,(H,18,22)(H,19,20)/t14-/m0/s1. The highest BCUT2D eigenvalue weighted by Crippen LogP contribution is 2.18. The number of rotatable bonds is 5. The number of nitrogens with zero attached hydrogens (tertiary/aromatic N) is 2. The molecule has 8 heteroatoms. The minimum atomic E-state index is -3.15. The van der Waals surface area contributed by atoms with Crippen LogP contribution in [0.1, 0.15) is 24.2 Å². The second-order valence-corrected chi connectivity index (χ2v) is 8.77. The van der Waals surface area contributed by atoms with Gasteiger partial charge in [-0.05, 0) is 43.4 Å². The number of hydrogen-bond acceptors (Lipinski definition) is 4. The normalized spacial score (nSPS) is 19.2. The van der Waals surface area contributed by atoms with Crippen molar-refractivity contribution in [1.82, 2.24) is 19.6 Å². The Morgan fingerprint density at radius 2 is 2.24 bits per heavy atom. The molecule has 0 unspecified atom stereocenters. The number of carbonyl (C=O) groups is 1. The number of imidazole rings is 1. The quantitative estimate of drug-likeness (QED) is 0.833. The monoisotopic (exact) mass is 364 g/mol. The molecule has 0 saturated carbocycles. The number of hydrogen-bond donors (Lipinski definition) is 2. The van der Waals surface area contributed by atoms with Crippen molar-refractivity contribution in [2.45, 2.75) is 26.2 Å². The summed E-state index contributed by atoms with van der Waals surface area (Å²) in [5.74, 6) is 0.974. The summed E-state index contributed by atoms with van der Waals surface area (Å²) < 4.78 is 24.8. The molecule has 1 fully saturated rings. The molecule has 1 aromatic heterocycles. The molecular formula is C17H24N4O3S. The van der Waals surface area contributed by atoms with Gasteiger partial charge in [0.2, 0.25) is 15.9 Å². The van der Waals surface area contributed by atoms with Crippen molar-refractivity contribution in [2.24, 2.45) is 5.92 Å². The summed E-state index contributed by atoms with van der Waals surface area (Å²) in [4.78, 5) is 19.7. The van der Waals surface area contributed by atoms with Crippen molar-refractivity contribution in [3.63, 3.8) is 0 Å². The van der Waals surface area contributed by atoms with Crippen molar-refractivity contribution in [2.75, 3.05) is 25.9 Å². The fourth-order valence-corrected chi connectivity index (χ4v) is 4.24. The first kappa shape index (κ1) is 17.9. The third-order valence-corrected chi connectivity index (χ3v) is 5.84. The van der Waals surface area contributed by atoms with Gasteiger partial charge in [-0.25, -0.2) is 17.7 Å². The number of aryl methyl sites for hydroxylation is 1. The first-order valence-corrected chi connectivity index (χ1v) is 10.3. The molecule has 136 valence electrons. The zero-order valence-electron chi connectivity index (χ0n) is 14.6. The van der Waals surface area contributed by atoms with Gasteiger partial charge in [-0.1, -0.05) is 6.07 Å². The lowest BCUT2D eigenvalue weighted by Crippen LogP contribution is -2.43. The Morgan fingerprint density at radius 1 is 1.44 bits per heavy atom. The van der Waals surface area contributed by atoms with E-state index in [1.54, 1.807) is 0 Å². The molecule has 1 saturated heterocycles. The van der Waals surface area contributed by atoms with Gasteiger partial charge in [0.15, 0.2) is 0 Å². The third kappa shape index (κ3) is 4.58. The Balaban J connectivity index is 1.53. The number of nitrogens with one attached hydrogen (secondary N) is 2. The molecule has 2 heterocycles. The lowest BCUT2D eigenvalue weighted by molar-refractivity contribution is -0.120. The van der Waals surface area contributed by atoms with Crippen LogP contribution < -0.4 is 5.32 Å². The Kier molecular flexibility index (Phi) is 5.10. The van der Waals surface area contributed by atoms with Gasteiger partial charge < -0.3 is 10.3 Å². The predicted octanol–water partition coefficient (Wildman–Crippen LogP) is 1.20. The van der Waals surface area contributed by atoms with Crippen molar-refractivity contribution >= 4 is 27.0 Å². The summed E-state index contributed by atoms with van der Waals surface area (Å²) >= 11 is 0. The molecule has 1 aromatic carbocycles. The first-order chi connectivity index (χ1) is 11.8. The highest BCUT2D eigenvalue weighted by Gasteiger charge is 2.25. The summed E-state index contributed by atoms with van der Waals surface area (Å²) in [6.07, 6.45) is 3.31. The summed E-state index contributed by atoms with van der Waals surface area (Å²) in [7, 11) is -3.15. The molecule has 7 nitrogen and oxygen atoms in total. The van der Waals surface area contributed by atoms with Crippen LogP contribution in [-0.4, -0.2) is 54.5 Å². The summed E-state index contributed by atoms with van der Waals surface area (Å²) in [5, 5.41) is 2.94. The van der Waals surface area contributed by atoms with Crippen molar-refractivity contribution in [3.8, 4) is 0 Å². The number of benzene rings is 1. The predicted molar refractivity (Wildman–Crippen MR) is 96.7 cm³/mol. The van der Waals surface area contributed by atoms with Crippen LogP contribution in [0.25, 0.3) is 11.0 Å². The summed E-state index contributed by atoms with van der Waals surface area (Å²) in [6, 6.07) is 5.77. The topological polar surface area (TPSA) is 95.2 Å². The van der Waals surface area contributed by atoms with E-state index < -0.39 is 10.0 Å². The largest absolute Gasteiger partial charge is 0.355 e. The van der Waals surface area contributed by atoms with Gasteiger partial charge in [0, 0.05) is 19.6 Å². The van der Waals surface area contributed by atoms with Crippen LogP contribution in [0.4, 0.5) is 0 Å². The summed E-state index contributed by atoms with van der Waals surface area (Å²) in [6.45, 7) is 3.47. The van der Waals surface area contributed by atoms with E-state index in [1.807, 2.05) is 25.1 Å². The Morgan fingerprint density at radius 3 is 3.00 bits per heavy atom. The highest BCUT2D eigenvalue weighted by atomic mass is 32.2. The molecule has 0 aliphatic carbocycles. The molecule has 0 bridgehead atoms. The molecule has 0 radical (unpaired) electrons. The lowest BCUT2D eigenvalue weighted by Gasteiger charge is -2.30. The Hall–Kier alpha value is -1.93. The molecule has 25 heavy (non-hydrogen) atoms. The van der Waals surface area contributed by atoms with Crippen LogP contribution in [-0.2, 0) is 21.2 Å². The average Bonchev–Trinajstić information content (AvgIpc) is 2.92. The zero-order chi connectivity index (χ0) is 18.0. The maximum absolute atomic E-state index is 12.2. The maximum atomic E-state index is 12.2. The smallest absolute Gasteiger partial charge is 0.224 e. The minimum absolute atomic E-state index is 0.0490. The van der Waals surface area contributed by atoms with E-state index in [-0.39, 0.29) is 11.8 Å². The molecule has 2 aromatic rings. The van der Waals surface area contributed by atoms with Gasteiger partial charge in [-0.15, -0.1) is 0 Å². The van der Waals surface area contributed by atoms with Crippen LogP contribution in [0, 0.1) is 12.8 Å². The fourth-order valence-electron chi connectivity index (χ4n) is 3.30. The van der Waals surface area contributed by atoms with Gasteiger partial charge in [-0.3, -0.25) is 4.79 Å². The SMILES string of the molecule is Cc1nc2ccc(CC(=O)NC[C@@H]3CCCN(S(C)(=O)=O)C3)cc2[nH]1. The van der Waals surface area contributed by atoms with E-state index in [4.69, 9.17) is 0 Å². The molecule has 1 atom stereocenters. The average molecular weight is 364 g/mol. The Labute approximate surface area is 147 Å². The first-order valence-electron chi connectivity index (χ1n) is 8.48. The van der Waals surface area contributed by atoms with Crippen molar-refractivity contribution in [1.29, 1.82) is 0 Å². The number of carbonyl (C=O) groups excluding carboxylic acids is 1. The molecular weight excluding hydrogens is 340 g/mol. The molecule has 0 spiro atoms. The van der Waals surface area contributed by atoms with E-state index in [2.05, 4.69) is 15.3 Å². The van der Waals surface area contributed by atoms with Crippen LogP contribution in [0.2, 0.25) is 0 Å². The number of aromatic amines is 1. The lowest BCUT2D eigenvalue weighted by atomic mass is 9.99. The van der Waals surface area contributed by atoms with Gasteiger partial charge in [0.25, 0.3) is 0 Å². The van der Waals surface area contributed by atoms with Crippen LogP contribution in [0.5, 0.6) is 0 Å². The summed E-state index contributed by atoms with van der Waals surface area (Å²) in [5.41, 5.74) is 2.75. The van der Waals surface area contributed by atoms with Gasteiger partial charge in [0.05, 0.1) is 23.7 Å². The van der Waals surface area contributed by atoms with Gasteiger partial charge in [-0.2, -0.15) is 0 Å². The highest BCUT2D eigenvalue weighted by molar-refractivity contribution is 7.88. The van der Waals surface area contributed by atoms with Crippen molar-refractivity contribution in [3.05, 3.63) is 29.6 Å². The molecule has 3 rings (SSSR count). The van der Waals surface area contributed by atoms with Crippen LogP contribution in [0.15, 0.2) is 18.2 Å². The number of fused-ring (bicyclic) bond motifs is 1. The van der Waals surface area contributed by atoms with Gasteiger partial charge >= 0.3 is 0 Å². The third-order valence-electron chi connectivity index (χ3n) is 4.57. The molecule has 1 aliphatic heterocycles. The second-order valence-electron chi connectivity index (χ2n) is 6.78. The van der Waals surface area contributed by atoms with E-state index in [0.717, 1.165) is 35.3 Å². The maximum Gasteiger partial charge on any atom is 0.224 e. The minimum Gasteiger partial charge on any atom is -0.355 e. The molecule has 2 N–H and O–H groups in total. The Bertz CT molecular complexity index is 875. The number of piperidine rings is 1. The van der Waals surface area contributed by atoms with E-state index in [1.165, 1.54) is 10.6 Å². The molecule has 1 aliphatic rings. The van der Waals surface area contributed by atoms with E-state index in [9.17, 15) is 13.2 Å². The van der Waals surface area contributed by atoms with Crippen LogP contribution >= 0.6 is 0 Å². The second kappa shape index (κ2) is 7.13. The number of sulfonamides is 1. The van der Waals surface area contributed by atoms with Gasteiger partial charge in [0.1, 0.15) is 5.82 Å². The fraction of sp³-hybridized carbons (Fsp3) is 0.529. The molecule has 1 amide bonds. The number of amides is 1. The number of aromatic nitrogens is 2. The zero-order valence-corrected chi connectivity index (χ0v) is 15.4. The van der Waals surface area contributed by atoms with E-state index in [0.29, 0.717) is 26.1 Å². The number of H-pyrrole nitrogens is 1.